The smallest absolute Gasteiger partial charge is 0.465 e. The van der Waals surface area contributed by atoms with E-state index in [1.807, 2.05) is 20.8 Å². The normalized spacial score (nSPS) is 23.6. The fourth-order valence-corrected chi connectivity index (χ4v) is 7.34. The molecule has 1 aliphatic carbocycles. The second kappa shape index (κ2) is 12.0. The minimum Gasteiger partial charge on any atom is -0.465 e. The van der Waals surface area contributed by atoms with E-state index in [1.165, 1.54) is 6.42 Å². The summed E-state index contributed by atoms with van der Waals surface area (Å²) in [6.45, 7) is 14.7. The van der Waals surface area contributed by atoms with Crippen LogP contribution in [0.5, 0.6) is 0 Å². The van der Waals surface area contributed by atoms with Crippen molar-refractivity contribution in [2.24, 2.45) is 17.8 Å². The van der Waals surface area contributed by atoms with E-state index in [-0.39, 0.29) is 6.04 Å². The van der Waals surface area contributed by atoms with E-state index in [2.05, 4.69) is 20.8 Å². The highest BCUT2D eigenvalue weighted by Crippen LogP contribution is 2.38. The van der Waals surface area contributed by atoms with Crippen molar-refractivity contribution in [1.82, 2.24) is 4.90 Å². The maximum atomic E-state index is 12.0. The highest BCUT2D eigenvalue weighted by molar-refractivity contribution is 6.60. The first-order chi connectivity index (χ1) is 12.8. The quantitative estimate of drug-likeness (QED) is 0.471. The standard InChI is InChI=1S/C20H41NO5Si/c1-7-24-27(25-8-2,26-9-3)15-11-14-21(20(22)23)18-13-10-12-17(6)19(18)16(4)5/h16-19H,7-15H2,1-6H3,(H,22,23). The van der Waals surface area contributed by atoms with Crippen molar-refractivity contribution >= 4 is 14.9 Å². The van der Waals surface area contributed by atoms with E-state index in [0.29, 0.717) is 56.6 Å². The molecule has 0 aromatic heterocycles. The van der Waals surface area contributed by atoms with Gasteiger partial charge in [0.1, 0.15) is 0 Å². The van der Waals surface area contributed by atoms with Crippen molar-refractivity contribution in [2.45, 2.75) is 79.3 Å². The van der Waals surface area contributed by atoms with Gasteiger partial charge in [-0.2, -0.15) is 0 Å². The van der Waals surface area contributed by atoms with Crippen molar-refractivity contribution in [2.75, 3.05) is 26.4 Å². The van der Waals surface area contributed by atoms with Crippen LogP contribution in [-0.2, 0) is 13.3 Å². The lowest BCUT2D eigenvalue weighted by Gasteiger charge is -2.44. The van der Waals surface area contributed by atoms with Gasteiger partial charge >= 0.3 is 14.9 Å². The number of carbonyl (C=O) groups is 1. The zero-order valence-corrected chi connectivity index (χ0v) is 19.2. The molecule has 3 unspecified atom stereocenters. The number of nitrogens with zero attached hydrogens (tertiary/aromatic N) is 1. The first-order valence-corrected chi connectivity index (χ1v) is 12.7. The third-order valence-corrected chi connectivity index (χ3v) is 8.80. The highest BCUT2D eigenvalue weighted by atomic mass is 28.4. The molecule has 0 saturated heterocycles. The summed E-state index contributed by atoms with van der Waals surface area (Å²) in [7, 11) is -2.72. The summed E-state index contributed by atoms with van der Waals surface area (Å²) in [6, 6.07) is 0.759. The predicted octanol–water partition coefficient (Wildman–Crippen LogP) is 4.87. The van der Waals surface area contributed by atoms with Crippen molar-refractivity contribution in [3.8, 4) is 0 Å². The van der Waals surface area contributed by atoms with Crippen LogP contribution < -0.4 is 0 Å². The Labute approximate surface area is 166 Å². The maximum Gasteiger partial charge on any atom is 0.500 e. The summed E-state index contributed by atoms with van der Waals surface area (Å²) in [5, 5.41) is 9.89. The summed E-state index contributed by atoms with van der Waals surface area (Å²) >= 11 is 0. The van der Waals surface area contributed by atoms with Crippen molar-refractivity contribution in [3.05, 3.63) is 0 Å². The lowest BCUT2D eigenvalue weighted by molar-refractivity contribution is 0.0418. The maximum absolute atomic E-state index is 12.0. The Morgan fingerprint density at radius 1 is 1.11 bits per heavy atom. The fourth-order valence-electron chi connectivity index (χ4n) is 4.75. The lowest BCUT2D eigenvalue weighted by atomic mass is 9.71. The van der Waals surface area contributed by atoms with Gasteiger partial charge in [-0.3, -0.25) is 0 Å². The van der Waals surface area contributed by atoms with E-state index in [9.17, 15) is 9.90 Å². The number of hydrogen-bond donors (Lipinski definition) is 1. The van der Waals surface area contributed by atoms with Gasteiger partial charge in [-0.25, -0.2) is 4.79 Å². The van der Waals surface area contributed by atoms with Crippen molar-refractivity contribution in [1.29, 1.82) is 0 Å². The molecule has 27 heavy (non-hydrogen) atoms. The number of hydrogen-bond acceptors (Lipinski definition) is 4. The number of carboxylic acid groups (broad SMARTS) is 1. The fraction of sp³-hybridized carbons (Fsp3) is 0.950. The first kappa shape index (κ1) is 24.4. The average Bonchev–Trinajstić information content (AvgIpc) is 2.58. The van der Waals surface area contributed by atoms with E-state index in [1.54, 1.807) is 4.90 Å². The molecule has 0 bridgehead atoms. The van der Waals surface area contributed by atoms with Gasteiger partial charge in [0.05, 0.1) is 0 Å². The van der Waals surface area contributed by atoms with Crippen LogP contribution in [-0.4, -0.2) is 57.3 Å². The topological polar surface area (TPSA) is 68.2 Å². The summed E-state index contributed by atoms with van der Waals surface area (Å²) in [4.78, 5) is 13.7. The van der Waals surface area contributed by atoms with Crippen LogP contribution in [0.3, 0.4) is 0 Å². The SMILES string of the molecule is CCO[Si](CCCN(C(=O)O)C1CCCC(C)C1C(C)C)(OCC)OCC. The highest BCUT2D eigenvalue weighted by Gasteiger charge is 2.42. The van der Waals surface area contributed by atoms with Crippen LogP contribution in [0.25, 0.3) is 0 Å². The van der Waals surface area contributed by atoms with Crippen molar-refractivity contribution < 1.29 is 23.2 Å². The predicted molar refractivity (Wildman–Crippen MR) is 110 cm³/mol. The largest absolute Gasteiger partial charge is 0.500 e. The summed E-state index contributed by atoms with van der Waals surface area (Å²) in [5.74, 6) is 1.47. The molecular formula is C20H41NO5Si. The van der Waals surface area contributed by atoms with Crippen LogP contribution in [0, 0.1) is 17.8 Å². The molecule has 0 aliphatic heterocycles. The molecule has 0 radical (unpaired) electrons. The Balaban J connectivity index is 2.82. The zero-order chi connectivity index (χ0) is 20.4. The van der Waals surface area contributed by atoms with Crippen LogP contribution >= 0.6 is 0 Å². The lowest BCUT2D eigenvalue weighted by Crippen LogP contribution is -2.51. The summed E-state index contributed by atoms with van der Waals surface area (Å²) < 4.78 is 17.7. The molecule has 1 saturated carbocycles. The Hall–Kier alpha value is -0.633. The summed E-state index contributed by atoms with van der Waals surface area (Å²) in [5.41, 5.74) is 0. The third-order valence-electron chi connectivity index (χ3n) is 5.65. The van der Waals surface area contributed by atoms with Crippen LogP contribution in [0.15, 0.2) is 0 Å². The van der Waals surface area contributed by atoms with E-state index in [4.69, 9.17) is 13.3 Å². The second-order valence-electron chi connectivity index (χ2n) is 7.86. The molecule has 0 spiro atoms. The van der Waals surface area contributed by atoms with E-state index < -0.39 is 14.9 Å². The second-order valence-corrected chi connectivity index (χ2v) is 10.6. The minimum absolute atomic E-state index is 0.105. The third kappa shape index (κ3) is 7.04. The van der Waals surface area contributed by atoms with Crippen LogP contribution in [0.1, 0.15) is 67.2 Å². The molecule has 1 aliphatic rings. The molecule has 1 rings (SSSR count). The van der Waals surface area contributed by atoms with E-state index in [0.717, 1.165) is 12.8 Å². The zero-order valence-electron chi connectivity index (χ0n) is 18.2. The van der Waals surface area contributed by atoms with Crippen LogP contribution in [0.2, 0.25) is 6.04 Å². The molecule has 1 amide bonds. The Morgan fingerprint density at radius 3 is 2.11 bits per heavy atom. The average molecular weight is 404 g/mol. The van der Waals surface area contributed by atoms with Gasteiger partial charge in [-0.05, 0) is 51.4 Å². The van der Waals surface area contributed by atoms with Gasteiger partial charge in [0.25, 0.3) is 0 Å². The molecule has 0 aromatic carbocycles. The Morgan fingerprint density at radius 2 is 1.67 bits per heavy atom. The number of rotatable bonds is 12. The molecule has 0 aromatic rings. The van der Waals surface area contributed by atoms with Gasteiger partial charge in [0.2, 0.25) is 0 Å². The van der Waals surface area contributed by atoms with Gasteiger partial charge in [-0.15, -0.1) is 0 Å². The van der Waals surface area contributed by atoms with Gasteiger partial charge in [0.15, 0.2) is 0 Å². The molecule has 7 heteroatoms. The van der Waals surface area contributed by atoms with Gasteiger partial charge in [0, 0.05) is 38.5 Å². The molecule has 3 atom stereocenters. The number of amides is 1. The minimum atomic E-state index is -2.72. The molecule has 6 nitrogen and oxygen atoms in total. The molecule has 1 N–H and O–H groups in total. The van der Waals surface area contributed by atoms with Crippen molar-refractivity contribution in [3.63, 3.8) is 0 Å². The monoisotopic (exact) mass is 403 g/mol. The molecule has 160 valence electrons. The Kier molecular flexibility index (Phi) is 10.9. The Bertz CT molecular complexity index is 418. The molecular weight excluding hydrogens is 362 g/mol. The first-order valence-electron chi connectivity index (χ1n) is 10.7. The van der Waals surface area contributed by atoms with E-state index >= 15 is 0 Å². The van der Waals surface area contributed by atoms with Crippen LogP contribution in [0.4, 0.5) is 4.79 Å². The van der Waals surface area contributed by atoms with Gasteiger partial charge < -0.3 is 23.3 Å². The summed E-state index contributed by atoms with van der Waals surface area (Å²) in [6.07, 6.45) is 3.16. The molecule has 1 fully saturated rings. The molecule has 0 heterocycles. The van der Waals surface area contributed by atoms with Gasteiger partial charge in [-0.1, -0.05) is 33.6 Å².